The maximum absolute atomic E-state index is 12.3. The monoisotopic (exact) mass is 210 g/mol. The van der Waals surface area contributed by atoms with Gasteiger partial charge in [0.25, 0.3) is 0 Å². The van der Waals surface area contributed by atoms with Crippen LogP contribution in [0.5, 0.6) is 0 Å². The Morgan fingerprint density at radius 2 is 2.08 bits per heavy atom. The van der Waals surface area contributed by atoms with Gasteiger partial charge in [-0.2, -0.15) is 13.2 Å². The van der Waals surface area contributed by atoms with Gasteiger partial charge in [0.1, 0.15) is 5.15 Å². The van der Waals surface area contributed by atoms with Crippen molar-refractivity contribution in [1.82, 2.24) is 4.98 Å². The molecule has 0 radical (unpaired) electrons. The molecule has 0 aliphatic heterocycles. The molecule has 0 saturated heterocycles. The lowest BCUT2D eigenvalue weighted by atomic mass is 10.1. The number of alkyl halides is 3. The Bertz CT molecular complexity index is 311. The summed E-state index contributed by atoms with van der Waals surface area (Å²) in [4.78, 5) is 3.51. The van der Waals surface area contributed by atoms with Crippen LogP contribution in [-0.4, -0.2) is 4.98 Å². The molecule has 0 atom stereocenters. The van der Waals surface area contributed by atoms with Gasteiger partial charge in [0.15, 0.2) is 0 Å². The molecule has 1 aromatic rings. The summed E-state index contributed by atoms with van der Waals surface area (Å²) in [5.41, 5.74) is 4.23. The van der Waals surface area contributed by atoms with Gasteiger partial charge < -0.3 is 5.73 Å². The molecule has 2 nitrogen and oxygen atoms in total. The lowest BCUT2D eigenvalue weighted by Gasteiger charge is -2.10. The highest BCUT2D eigenvalue weighted by molar-refractivity contribution is 6.29. The predicted molar refractivity (Wildman–Crippen MR) is 42.1 cm³/mol. The molecule has 0 bridgehead atoms. The summed E-state index contributed by atoms with van der Waals surface area (Å²) in [5.74, 6) is 0. The second-order valence-corrected chi connectivity index (χ2v) is 2.75. The van der Waals surface area contributed by atoms with Crippen molar-refractivity contribution in [2.24, 2.45) is 5.73 Å². The van der Waals surface area contributed by atoms with Crippen LogP contribution in [0.1, 0.15) is 11.1 Å². The van der Waals surface area contributed by atoms with Gasteiger partial charge in [-0.15, -0.1) is 0 Å². The zero-order chi connectivity index (χ0) is 10.1. The topological polar surface area (TPSA) is 38.9 Å². The Kier molecular flexibility index (Phi) is 2.77. The van der Waals surface area contributed by atoms with E-state index in [0.29, 0.717) is 0 Å². The molecule has 0 unspecified atom stereocenters. The van der Waals surface area contributed by atoms with Crippen LogP contribution in [0, 0.1) is 0 Å². The Morgan fingerprint density at radius 3 is 2.54 bits per heavy atom. The molecular weight excluding hydrogens is 205 g/mol. The summed E-state index contributed by atoms with van der Waals surface area (Å²) in [6.45, 7) is -0.209. The van der Waals surface area contributed by atoms with E-state index in [2.05, 4.69) is 4.98 Å². The van der Waals surface area contributed by atoms with Crippen molar-refractivity contribution in [3.05, 3.63) is 28.5 Å². The van der Waals surface area contributed by atoms with Crippen molar-refractivity contribution in [1.29, 1.82) is 0 Å². The zero-order valence-electron chi connectivity index (χ0n) is 6.40. The molecule has 6 heteroatoms. The molecule has 0 spiro atoms. The van der Waals surface area contributed by atoms with E-state index in [4.69, 9.17) is 17.3 Å². The molecular formula is C7H6ClF3N2. The second kappa shape index (κ2) is 3.51. The number of aromatic nitrogens is 1. The van der Waals surface area contributed by atoms with E-state index in [9.17, 15) is 13.2 Å². The van der Waals surface area contributed by atoms with Gasteiger partial charge in [-0.3, -0.25) is 0 Å². The standard InChI is InChI=1S/C7H6ClF3N2/c8-6-1-5(7(9,10)11)4(2-12)3-13-6/h1,3H,2,12H2. The Labute approximate surface area is 77.5 Å². The highest BCUT2D eigenvalue weighted by Crippen LogP contribution is 2.32. The van der Waals surface area contributed by atoms with Crippen LogP contribution < -0.4 is 5.73 Å². The highest BCUT2D eigenvalue weighted by atomic mass is 35.5. The van der Waals surface area contributed by atoms with Crippen LogP contribution in [0.15, 0.2) is 12.3 Å². The molecule has 1 heterocycles. The molecule has 72 valence electrons. The van der Waals surface area contributed by atoms with E-state index in [1.54, 1.807) is 0 Å². The zero-order valence-corrected chi connectivity index (χ0v) is 7.15. The maximum atomic E-state index is 12.3. The lowest BCUT2D eigenvalue weighted by molar-refractivity contribution is -0.138. The number of hydrogen-bond donors (Lipinski definition) is 1. The van der Waals surface area contributed by atoms with Crippen LogP contribution in [0.4, 0.5) is 13.2 Å². The number of rotatable bonds is 1. The van der Waals surface area contributed by atoms with Gasteiger partial charge >= 0.3 is 6.18 Å². The average molecular weight is 211 g/mol. The largest absolute Gasteiger partial charge is 0.416 e. The van der Waals surface area contributed by atoms with Crippen LogP contribution in [0.25, 0.3) is 0 Å². The Hall–Kier alpha value is -0.810. The minimum Gasteiger partial charge on any atom is -0.326 e. The fourth-order valence-electron chi connectivity index (χ4n) is 0.885. The minimum atomic E-state index is -4.43. The average Bonchev–Trinajstić information content (AvgIpc) is 2.03. The molecule has 0 saturated carbocycles. The molecule has 1 aromatic heterocycles. The van der Waals surface area contributed by atoms with Gasteiger partial charge in [-0.05, 0) is 11.6 Å². The second-order valence-electron chi connectivity index (χ2n) is 2.37. The molecule has 0 aliphatic carbocycles. The van der Waals surface area contributed by atoms with E-state index >= 15 is 0 Å². The number of nitrogens with two attached hydrogens (primary N) is 1. The SMILES string of the molecule is NCc1cnc(Cl)cc1C(F)(F)F. The first-order valence-corrected chi connectivity index (χ1v) is 3.74. The lowest BCUT2D eigenvalue weighted by Crippen LogP contribution is -2.12. The van der Waals surface area contributed by atoms with E-state index in [-0.39, 0.29) is 17.3 Å². The smallest absolute Gasteiger partial charge is 0.326 e. The van der Waals surface area contributed by atoms with Gasteiger partial charge in [-0.25, -0.2) is 4.98 Å². The Balaban J connectivity index is 3.24. The molecule has 0 fully saturated rings. The van der Waals surface area contributed by atoms with Gasteiger partial charge in [0.05, 0.1) is 5.56 Å². The predicted octanol–water partition coefficient (Wildman–Crippen LogP) is 2.21. The quantitative estimate of drug-likeness (QED) is 0.722. The van der Waals surface area contributed by atoms with Crippen molar-refractivity contribution in [2.45, 2.75) is 12.7 Å². The van der Waals surface area contributed by atoms with Gasteiger partial charge in [0, 0.05) is 12.7 Å². The number of hydrogen-bond acceptors (Lipinski definition) is 2. The van der Waals surface area contributed by atoms with Gasteiger partial charge in [0.2, 0.25) is 0 Å². The van der Waals surface area contributed by atoms with Crippen LogP contribution >= 0.6 is 11.6 Å². The first-order chi connectivity index (χ1) is 5.95. The van der Waals surface area contributed by atoms with Crippen molar-refractivity contribution in [2.75, 3.05) is 0 Å². The van der Waals surface area contributed by atoms with E-state index in [0.717, 1.165) is 12.3 Å². The van der Waals surface area contributed by atoms with Crippen LogP contribution in [-0.2, 0) is 12.7 Å². The first-order valence-electron chi connectivity index (χ1n) is 3.37. The molecule has 0 amide bonds. The number of pyridine rings is 1. The van der Waals surface area contributed by atoms with E-state index in [1.165, 1.54) is 0 Å². The molecule has 13 heavy (non-hydrogen) atoms. The summed E-state index contributed by atoms with van der Waals surface area (Å²) in [5, 5.41) is -0.190. The summed E-state index contributed by atoms with van der Waals surface area (Å²) < 4.78 is 36.8. The van der Waals surface area contributed by atoms with E-state index < -0.39 is 11.7 Å². The first kappa shape index (κ1) is 10.3. The normalized spacial score (nSPS) is 11.8. The third-order valence-electron chi connectivity index (χ3n) is 1.48. The number of halogens is 4. The highest BCUT2D eigenvalue weighted by Gasteiger charge is 2.33. The van der Waals surface area contributed by atoms with E-state index in [1.807, 2.05) is 0 Å². The van der Waals surface area contributed by atoms with Crippen molar-refractivity contribution >= 4 is 11.6 Å². The molecule has 0 aliphatic rings. The van der Waals surface area contributed by atoms with Crippen molar-refractivity contribution < 1.29 is 13.2 Å². The van der Waals surface area contributed by atoms with Crippen molar-refractivity contribution in [3.63, 3.8) is 0 Å². The van der Waals surface area contributed by atoms with Crippen molar-refractivity contribution in [3.8, 4) is 0 Å². The summed E-state index contributed by atoms with van der Waals surface area (Å²) in [6, 6.07) is 0.768. The summed E-state index contributed by atoms with van der Waals surface area (Å²) >= 11 is 5.33. The number of nitrogens with zero attached hydrogens (tertiary/aromatic N) is 1. The minimum absolute atomic E-state index is 0.0584. The Morgan fingerprint density at radius 1 is 1.46 bits per heavy atom. The maximum Gasteiger partial charge on any atom is 0.416 e. The van der Waals surface area contributed by atoms with Gasteiger partial charge in [-0.1, -0.05) is 11.6 Å². The molecule has 2 N–H and O–H groups in total. The summed E-state index contributed by atoms with van der Waals surface area (Å²) in [7, 11) is 0. The fraction of sp³-hybridized carbons (Fsp3) is 0.286. The fourth-order valence-corrected chi connectivity index (χ4v) is 1.04. The third kappa shape index (κ3) is 2.32. The molecule has 1 rings (SSSR count). The van der Waals surface area contributed by atoms with Crippen LogP contribution in [0.3, 0.4) is 0 Å². The summed E-state index contributed by atoms with van der Waals surface area (Å²) in [6.07, 6.45) is -3.40. The van der Waals surface area contributed by atoms with Crippen LogP contribution in [0.2, 0.25) is 5.15 Å². The molecule has 0 aromatic carbocycles. The third-order valence-corrected chi connectivity index (χ3v) is 1.69.